The summed E-state index contributed by atoms with van der Waals surface area (Å²) in [6.07, 6.45) is 0. The van der Waals surface area contributed by atoms with Crippen molar-refractivity contribution in [1.29, 1.82) is 5.26 Å². The first-order chi connectivity index (χ1) is 6.67. The molecule has 0 N–H and O–H groups in total. The molecule has 0 aliphatic rings. The molecule has 0 aliphatic heterocycles. The summed E-state index contributed by atoms with van der Waals surface area (Å²) in [6.45, 7) is 6.17. The Kier molecular flexibility index (Phi) is 3.66. The maximum atomic E-state index is 8.53. The molecule has 0 atom stereocenters. The molecular formula is C10H16N4. The van der Waals surface area contributed by atoms with Crippen molar-refractivity contribution in [2.24, 2.45) is 0 Å². The molecule has 76 valence electrons. The molecule has 0 aromatic carbocycles. The molecule has 0 spiro atoms. The van der Waals surface area contributed by atoms with Gasteiger partial charge in [-0.2, -0.15) is 10.4 Å². The summed E-state index contributed by atoms with van der Waals surface area (Å²) in [5, 5.41) is 12.9. The Bertz CT molecular complexity index is 334. The Morgan fingerprint density at radius 3 is 2.93 bits per heavy atom. The monoisotopic (exact) mass is 192 g/mol. The SMILES string of the molecule is CCn1nc(C)cc1CN(C)CC#N. The number of hydrogen-bond donors (Lipinski definition) is 0. The van der Waals surface area contributed by atoms with Crippen molar-refractivity contribution in [1.82, 2.24) is 14.7 Å². The molecule has 0 saturated carbocycles. The van der Waals surface area contributed by atoms with Gasteiger partial charge in [0.1, 0.15) is 0 Å². The van der Waals surface area contributed by atoms with Gasteiger partial charge in [-0.3, -0.25) is 9.58 Å². The van der Waals surface area contributed by atoms with Crippen molar-refractivity contribution < 1.29 is 0 Å². The molecule has 0 saturated heterocycles. The molecule has 0 bridgehead atoms. The van der Waals surface area contributed by atoms with Crippen LogP contribution in [-0.2, 0) is 13.1 Å². The molecule has 0 radical (unpaired) electrons. The molecule has 4 nitrogen and oxygen atoms in total. The van der Waals surface area contributed by atoms with Crippen LogP contribution in [0.5, 0.6) is 0 Å². The lowest BCUT2D eigenvalue weighted by Gasteiger charge is -2.12. The summed E-state index contributed by atoms with van der Waals surface area (Å²) in [7, 11) is 1.94. The second-order valence-electron chi connectivity index (χ2n) is 3.42. The predicted octanol–water partition coefficient (Wildman–Crippen LogP) is 1.17. The first kappa shape index (κ1) is 10.7. The van der Waals surface area contributed by atoms with Crippen molar-refractivity contribution in [2.45, 2.75) is 26.9 Å². The number of aromatic nitrogens is 2. The van der Waals surface area contributed by atoms with Gasteiger partial charge in [0, 0.05) is 13.1 Å². The van der Waals surface area contributed by atoms with Gasteiger partial charge < -0.3 is 0 Å². The van der Waals surface area contributed by atoms with E-state index < -0.39 is 0 Å². The zero-order valence-electron chi connectivity index (χ0n) is 8.99. The minimum Gasteiger partial charge on any atom is -0.288 e. The van der Waals surface area contributed by atoms with Gasteiger partial charge in [0.2, 0.25) is 0 Å². The third-order valence-corrected chi connectivity index (χ3v) is 2.06. The lowest BCUT2D eigenvalue weighted by molar-refractivity contribution is 0.352. The average molecular weight is 192 g/mol. The maximum absolute atomic E-state index is 8.53. The Hall–Kier alpha value is -1.34. The van der Waals surface area contributed by atoms with Gasteiger partial charge >= 0.3 is 0 Å². The molecule has 14 heavy (non-hydrogen) atoms. The molecule has 0 unspecified atom stereocenters. The molecule has 0 aliphatic carbocycles. The van der Waals surface area contributed by atoms with Crippen LogP contribution in [0.3, 0.4) is 0 Å². The number of aryl methyl sites for hydroxylation is 2. The van der Waals surface area contributed by atoms with Crippen molar-refractivity contribution in [3.05, 3.63) is 17.5 Å². The fraction of sp³-hybridized carbons (Fsp3) is 0.600. The molecule has 1 rings (SSSR count). The van der Waals surface area contributed by atoms with E-state index in [2.05, 4.69) is 24.2 Å². The van der Waals surface area contributed by atoms with Crippen LogP contribution in [-0.4, -0.2) is 28.3 Å². The minimum absolute atomic E-state index is 0.452. The normalized spacial score (nSPS) is 10.5. The van der Waals surface area contributed by atoms with E-state index in [1.54, 1.807) is 0 Å². The zero-order valence-corrected chi connectivity index (χ0v) is 8.99. The Balaban J connectivity index is 2.70. The first-order valence-electron chi connectivity index (χ1n) is 4.76. The van der Waals surface area contributed by atoms with Gasteiger partial charge in [-0.25, -0.2) is 0 Å². The average Bonchev–Trinajstić information content (AvgIpc) is 2.46. The number of hydrogen-bond acceptors (Lipinski definition) is 3. The summed E-state index contributed by atoms with van der Waals surface area (Å²) >= 11 is 0. The second kappa shape index (κ2) is 4.77. The van der Waals surface area contributed by atoms with Gasteiger partial charge in [0.05, 0.1) is 24.0 Å². The standard InChI is InChI=1S/C10H16N4/c1-4-14-10(7-9(2)12-14)8-13(3)6-5-11/h7H,4,6,8H2,1-3H3. The van der Waals surface area contributed by atoms with Gasteiger partial charge in [-0.05, 0) is 27.0 Å². The Morgan fingerprint density at radius 2 is 2.36 bits per heavy atom. The summed E-state index contributed by atoms with van der Waals surface area (Å²) < 4.78 is 1.98. The Morgan fingerprint density at radius 1 is 1.64 bits per heavy atom. The number of nitriles is 1. The third-order valence-electron chi connectivity index (χ3n) is 2.06. The van der Waals surface area contributed by atoms with Gasteiger partial charge in [0.25, 0.3) is 0 Å². The molecule has 0 amide bonds. The topological polar surface area (TPSA) is 44.9 Å². The van der Waals surface area contributed by atoms with Crippen LogP contribution in [0, 0.1) is 18.3 Å². The fourth-order valence-electron chi connectivity index (χ4n) is 1.45. The van der Waals surface area contributed by atoms with E-state index >= 15 is 0 Å². The highest BCUT2D eigenvalue weighted by atomic mass is 15.3. The summed E-state index contributed by atoms with van der Waals surface area (Å²) in [5.74, 6) is 0. The smallest absolute Gasteiger partial charge is 0.0866 e. The largest absolute Gasteiger partial charge is 0.288 e. The Labute approximate surface area is 84.7 Å². The van der Waals surface area contributed by atoms with Gasteiger partial charge in [0.15, 0.2) is 0 Å². The molecule has 1 heterocycles. The highest BCUT2D eigenvalue weighted by molar-refractivity contribution is 5.08. The van der Waals surface area contributed by atoms with Gasteiger partial charge in [-0.15, -0.1) is 0 Å². The van der Waals surface area contributed by atoms with Crippen molar-refractivity contribution in [2.75, 3.05) is 13.6 Å². The van der Waals surface area contributed by atoms with E-state index in [0.29, 0.717) is 6.54 Å². The van der Waals surface area contributed by atoms with Crippen molar-refractivity contribution in [3.8, 4) is 6.07 Å². The van der Waals surface area contributed by atoms with Crippen LogP contribution in [0.2, 0.25) is 0 Å². The summed E-state index contributed by atoms with van der Waals surface area (Å²) in [4.78, 5) is 1.97. The highest BCUT2D eigenvalue weighted by Gasteiger charge is 2.06. The lowest BCUT2D eigenvalue weighted by atomic mass is 10.3. The highest BCUT2D eigenvalue weighted by Crippen LogP contribution is 2.06. The molecular weight excluding hydrogens is 176 g/mol. The van der Waals surface area contributed by atoms with E-state index in [1.807, 2.05) is 23.6 Å². The third kappa shape index (κ3) is 2.57. The first-order valence-corrected chi connectivity index (χ1v) is 4.76. The van der Waals surface area contributed by atoms with Crippen molar-refractivity contribution >= 4 is 0 Å². The zero-order chi connectivity index (χ0) is 10.6. The second-order valence-corrected chi connectivity index (χ2v) is 3.42. The molecule has 4 heteroatoms. The van der Waals surface area contributed by atoms with Crippen LogP contribution in [0.15, 0.2) is 6.07 Å². The number of nitrogens with zero attached hydrogens (tertiary/aromatic N) is 4. The van der Waals surface area contributed by atoms with Crippen LogP contribution in [0.25, 0.3) is 0 Å². The van der Waals surface area contributed by atoms with E-state index in [-0.39, 0.29) is 0 Å². The number of rotatable bonds is 4. The van der Waals surface area contributed by atoms with E-state index in [0.717, 1.165) is 18.8 Å². The van der Waals surface area contributed by atoms with Gasteiger partial charge in [-0.1, -0.05) is 0 Å². The van der Waals surface area contributed by atoms with E-state index in [9.17, 15) is 0 Å². The fourth-order valence-corrected chi connectivity index (χ4v) is 1.45. The molecule has 1 aromatic heterocycles. The van der Waals surface area contributed by atoms with Crippen LogP contribution < -0.4 is 0 Å². The van der Waals surface area contributed by atoms with E-state index in [4.69, 9.17) is 5.26 Å². The lowest BCUT2D eigenvalue weighted by Crippen LogP contribution is -2.20. The van der Waals surface area contributed by atoms with Crippen LogP contribution in [0.4, 0.5) is 0 Å². The quantitative estimate of drug-likeness (QED) is 0.673. The molecule has 1 aromatic rings. The minimum atomic E-state index is 0.452. The van der Waals surface area contributed by atoms with Crippen LogP contribution >= 0.6 is 0 Å². The predicted molar refractivity (Wildman–Crippen MR) is 54.6 cm³/mol. The maximum Gasteiger partial charge on any atom is 0.0866 e. The summed E-state index contributed by atoms with van der Waals surface area (Å²) in [5.41, 5.74) is 2.20. The molecule has 0 fully saturated rings. The van der Waals surface area contributed by atoms with Crippen LogP contribution in [0.1, 0.15) is 18.3 Å². The van der Waals surface area contributed by atoms with Crippen molar-refractivity contribution in [3.63, 3.8) is 0 Å². The summed E-state index contributed by atoms with van der Waals surface area (Å²) in [6, 6.07) is 4.20. The van der Waals surface area contributed by atoms with E-state index in [1.165, 1.54) is 5.69 Å².